The number of hydrogen-bond donors (Lipinski definition) is 1. The Morgan fingerprint density at radius 3 is 2.81 bits per heavy atom. The second-order valence-electron chi connectivity index (χ2n) is 6.20. The van der Waals surface area contributed by atoms with Crippen LogP contribution >= 0.6 is 11.3 Å². The lowest BCUT2D eigenvalue weighted by Crippen LogP contribution is -2.36. The molecule has 3 heterocycles. The van der Waals surface area contributed by atoms with Crippen LogP contribution in [0, 0.1) is 0 Å². The van der Waals surface area contributed by atoms with E-state index in [4.69, 9.17) is 14.2 Å². The Balaban J connectivity index is 1.75. The number of rotatable bonds is 4. The third-order valence-electron chi connectivity index (χ3n) is 4.70. The summed E-state index contributed by atoms with van der Waals surface area (Å²) in [7, 11) is 3.24. The lowest BCUT2D eigenvalue weighted by molar-refractivity contribution is -0.116. The van der Waals surface area contributed by atoms with E-state index in [1.807, 2.05) is 18.2 Å². The van der Waals surface area contributed by atoms with Crippen molar-refractivity contribution in [3.05, 3.63) is 28.6 Å². The molecule has 2 aliphatic rings. The van der Waals surface area contributed by atoms with Gasteiger partial charge in [0, 0.05) is 31.0 Å². The number of thiazole rings is 1. The van der Waals surface area contributed by atoms with Crippen molar-refractivity contribution in [1.82, 2.24) is 4.98 Å². The first kappa shape index (κ1) is 17.1. The van der Waals surface area contributed by atoms with Crippen molar-refractivity contribution in [1.29, 1.82) is 0 Å². The first-order valence-electron chi connectivity index (χ1n) is 8.55. The normalized spacial score (nSPS) is 19.7. The Morgan fingerprint density at radius 1 is 1.27 bits per heavy atom. The highest BCUT2D eigenvalue weighted by Crippen LogP contribution is 2.47. The van der Waals surface area contributed by atoms with Crippen molar-refractivity contribution in [2.75, 3.05) is 50.7 Å². The van der Waals surface area contributed by atoms with Crippen molar-refractivity contribution < 1.29 is 19.0 Å². The van der Waals surface area contributed by atoms with E-state index >= 15 is 0 Å². The molecule has 2 aromatic rings. The summed E-state index contributed by atoms with van der Waals surface area (Å²) in [6.07, 6.45) is 0.362. The van der Waals surface area contributed by atoms with E-state index in [1.54, 1.807) is 25.6 Å². The lowest BCUT2D eigenvalue weighted by Gasteiger charge is -2.26. The molecule has 1 aromatic carbocycles. The smallest absolute Gasteiger partial charge is 0.226 e. The monoisotopic (exact) mass is 375 g/mol. The van der Waals surface area contributed by atoms with E-state index in [1.165, 1.54) is 0 Å². The Bertz CT molecular complexity index is 817. The minimum Gasteiger partial charge on any atom is -0.493 e. The minimum absolute atomic E-state index is 0.0359. The maximum atomic E-state index is 12.3. The van der Waals surface area contributed by atoms with Crippen LogP contribution in [-0.2, 0) is 9.53 Å². The zero-order chi connectivity index (χ0) is 18.1. The van der Waals surface area contributed by atoms with Gasteiger partial charge < -0.3 is 24.4 Å². The zero-order valence-electron chi connectivity index (χ0n) is 14.8. The quantitative estimate of drug-likeness (QED) is 0.885. The van der Waals surface area contributed by atoms with Gasteiger partial charge in [0.1, 0.15) is 5.82 Å². The van der Waals surface area contributed by atoms with Crippen molar-refractivity contribution in [2.45, 2.75) is 12.3 Å². The van der Waals surface area contributed by atoms with E-state index < -0.39 is 0 Å². The molecule has 1 saturated heterocycles. The molecule has 138 valence electrons. The fourth-order valence-electron chi connectivity index (χ4n) is 3.43. The van der Waals surface area contributed by atoms with Gasteiger partial charge in [0.2, 0.25) is 5.91 Å². The van der Waals surface area contributed by atoms with Crippen LogP contribution in [0.3, 0.4) is 0 Å². The second kappa shape index (κ2) is 7.13. The zero-order valence-corrected chi connectivity index (χ0v) is 15.6. The molecule has 1 atom stereocenters. The van der Waals surface area contributed by atoms with Crippen molar-refractivity contribution in [3.8, 4) is 11.5 Å². The molecule has 1 fully saturated rings. The van der Waals surface area contributed by atoms with Crippen molar-refractivity contribution >= 4 is 28.2 Å². The molecule has 0 unspecified atom stereocenters. The number of aromatic nitrogens is 1. The van der Waals surface area contributed by atoms with Crippen LogP contribution in [0.15, 0.2) is 18.2 Å². The van der Waals surface area contributed by atoms with Gasteiger partial charge in [-0.2, -0.15) is 0 Å². The third kappa shape index (κ3) is 2.99. The molecule has 0 bridgehead atoms. The van der Waals surface area contributed by atoms with E-state index in [2.05, 4.69) is 15.2 Å². The van der Waals surface area contributed by atoms with Crippen molar-refractivity contribution in [2.24, 2.45) is 0 Å². The summed E-state index contributed by atoms with van der Waals surface area (Å²) in [5.41, 5.74) is 0.945. The van der Waals surface area contributed by atoms with Gasteiger partial charge in [0.25, 0.3) is 0 Å². The SMILES string of the molecule is COc1cccc([C@@H]2CC(=O)Nc3nc(N4CCOCC4)sc32)c1OC. The molecule has 0 aliphatic carbocycles. The average molecular weight is 375 g/mol. The number of amides is 1. The van der Waals surface area contributed by atoms with Crippen LogP contribution in [0.2, 0.25) is 0 Å². The number of benzene rings is 1. The molecule has 1 N–H and O–H groups in total. The van der Waals surface area contributed by atoms with Gasteiger partial charge in [0.15, 0.2) is 16.6 Å². The summed E-state index contributed by atoms with van der Waals surface area (Å²) in [5.74, 6) is 1.85. The number of nitrogens with one attached hydrogen (secondary N) is 1. The number of methoxy groups -OCH3 is 2. The molecule has 0 saturated carbocycles. The van der Waals surface area contributed by atoms with E-state index in [0.717, 1.165) is 28.7 Å². The van der Waals surface area contributed by atoms with Crippen LogP contribution in [0.1, 0.15) is 22.8 Å². The molecule has 1 aromatic heterocycles. The fraction of sp³-hybridized carbons (Fsp3) is 0.444. The summed E-state index contributed by atoms with van der Waals surface area (Å²) in [5, 5.41) is 3.84. The van der Waals surface area contributed by atoms with Gasteiger partial charge in [-0.1, -0.05) is 23.5 Å². The van der Waals surface area contributed by atoms with E-state index in [0.29, 0.717) is 37.0 Å². The van der Waals surface area contributed by atoms with Gasteiger partial charge >= 0.3 is 0 Å². The number of hydrogen-bond acceptors (Lipinski definition) is 7. The highest BCUT2D eigenvalue weighted by molar-refractivity contribution is 7.16. The largest absolute Gasteiger partial charge is 0.493 e. The highest BCUT2D eigenvalue weighted by Gasteiger charge is 2.33. The number of para-hydroxylation sites is 1. The molecule has 8 heteroatoms. The number of anilines is 2. The van der Waals surface area contributed by atoms with Crippen LogP contribution < -0.4 is 19.7 Å². The molecule has 0 spiro atoms. The minimum atomic E-state index is -0.101. The van der Waals surface area contributed by atoms with Gasteiger partial charge in [-0.25, -0.2) is 4.98 Å². The number of nitrogens with zero attached hydrogens (tertiary/aromatic N) is 2. The molecule has 2 aliphatic heterocycles. The van der Waals surface area contributed by atoms with E-state index in [9.17, 15) is 4.79 Å². The Hall–Kier alpha value is -2.32. The predicted molar refractivity (Wildman–Crippen MR) is 99.8 cm³/mol. The van der Waals surface area contributed by atoms with Crippen molar-refractivity contribution in [3.63, 3.8) is 0 Å². The number of morpholine rings is 1. The Kier molecular flexibility index (Phi) is 4.69. The molecule has 4 rings (SSSR count). The maximum Gasteiger partial charge on any atom is 0.226 e. The molecular formula is C18H21N3O4S. The van der Waals surface area contributed by atoms with Crippen LogP contribution in [0.25, 0.3) is 0 Å². The van der Waals surface area contributed by atoms with Gasteiger partial charge in [-0.15, -0.1) is 0 Å². The van der Waals surface area contributed by atoms with Crippen LogP contribution in [0.5, 0.6) is 11.5 Å². The molecule has 7 nitrogen and oxygen atoms in total. The summed E-state index contributed by atoms with van der Waals surface area (Å²) in [4.78, 5) is 20.2. The highest BCUT2D eigenvalue weighted by atomic mass is 32.1. The van der Waals surface area contributed by atoms with Gasteiger partial charge in [-0.3, -0.25) is 4.79 Å². The molecule has 1 amide bonds. The van der Waals surface area contributed by atoms with Gasteiger partial charge in [0.05, 0.1) is 32.3 Å². The topological polar surface area (TPSA) is 72.9 Å². The van der Waals surface area contributed by atoms with E-state index in [-0.39, 0.29) is 11.8 Å². The third-order valence-corrected chi connectivity index (χ3v) is 5.93. The fourth-order valence-corrected chi connectivity index (χ4v) is 4.63. The number of ether oxygens (including phenoxy) is 3. The summed E-state index contributed by atoms with van der Waals surface area (Å²) in [6, 6.07) is 5.77. The standard InChI is InChI=1S/C18H21N3O4S/c1-23-13-5-3-4-11(15(13)24-2)12-10-14(22)19-17-16(12)26-18(20-17)21-6-8-25-9-7-21/h3-5,12H,6-10H2,1-2H3,(H,19,22)/t12-/m0/s1. The van der Waals surface area contributed by atoms with Crippen LogP contribution in [0.4, 0.5) is 10.9 Å². The average Bonchev–Trinajstić information content (AvgIpc) is 3.11. The Labute approximate surface area is 155 Å². The first-order valence-corrected chi connectivity index (χ1v) is 9.37. The summed E-state index contributed by atoms with van der Waals surface area (Å²) >= 11 is 1.63. The molecule has 26 heavy (non-hydrogen) atoms. The predicted octanol–water partition coefficient (Wildman–Crippen LogP) is 2.47. The maximum absolute atomic E-state index is 12.3. The number of carbonyl (C=O) groups is 1. The summed E-state index contributed by atoms with van der Waals surface area (Å²) in [6.45, 7) is 3.02. The van der Waals surface area contributed by atoms with Crippen LogP contribution in [-0.4, -0.2) is 51.4 Å². The Morgan fingerprint density at radius 2 is 2.08 bits per heavy atom. The first-order chi connectivity index (χ1) is 12.7. The molecular weight excluding hydrogens is 354 g/mol. The lowest BCUT2D eigenvalue weighted by atomic mass is 9.90. The summed E-state index contributed by atoms with van der Waals surface area (Å²) < 4.78 is 16.4. The second-order valence-corrected chi connectivity index (χ2v) is 7.21. The van der Waals surface area contributed by atoms with Gasteiger partial charge in [-0.05, 0) is 6.07 Å². The number of fused-ring (bicyclic) bond motifs is 1. The molecule has 0 radical (unpaired) electrons. The number of carbonyl (C=O) groups excluding carboxylic acids is 1.